The van der Waals surface area contributed by atoms with Crippen LogP contribution in [0.3, 0.4) is 0 Å². The van der Waals surface area contributed by atoms with Crippen LogP contribution in [0.15, 0.2) is 54.6 Å². The molecule has 35 heavy (non-hydrogen) atoms. The minimum Gasteiger partial charge on any atom is -0.488 e. The van der Waals surface area contributed by atoms with E-state index < -0.39 is 41.1 Å². The molecule has 0 aliphatic carbocycles. The lowest BCUT2D eigenvalue weighted by atomic mass is 10.1. The van der Waals surface area contributed by atoms with Gasteiger partial charge < -0.3 is 25.6 Å². The Morgan fingerprint density at radius 3 is 2.43 bits per heavy atom. The third-order valence-corrected chi connectivity index (χ3v) is 4.80. The number of halogens is 5. The topological polar surface area (TPSA) is 93.8 Å². The van der Waals surface area contributed by atoms with Crippen LogP contribution >= 0.6 is 0 Å². The van der Waals surface area contributed by atoms with Crippen molar-refractivity contribution in [3.63, 3.8) is 0 Å². The van der Waals surface area contributed by atoms with Crippen molar-refractivity contribution in [2.45, 2.75) is 19.2 Å². The van der Waals surface area contributed by atoms with Gasteiger partial charge in [-0.25, -0.2) is 8.78 Å². The van der Waals surface area contributed by atoms with E-state index in [1.54, 1.807) is 0 Å². The van der Waals surface area contributed by atoms with Crippen molar-refractivity contribution in [1.29, 1.82) is 0 Å². The van der Waals surface area contributed by atoms with E-state index in [-0.39, 0.29) is 35.9 Å². The van der Waals surface area contributed by atoms with Crippen molar-refractivity contribution in [3.8, 4) is 17.2 Å². The molecule has 0 bridgehead atoms. The molecule has 0 radical (unpaired) electrons. The first-order chi connectivity index (χ1) is 16.5. The molecule has 3 aromatic rings. The minimum absolute atomic E-state index is 0.0516. The largest absolute Gasteiger partial charge is 0.488 e. The summed E-state index contributed by atoms with van der Waals surface area (Å²) in [5.41, 5.74) is 4.33. The summed E-state index contributed by atoms with van der Waals surface area (Å²) in [6.07, 6.45) is -5.74. The number of amides is 1. The van der Waals surface area contributed by atoms with Crippen molar-refractivity contribution in [1.82, 2.24) is 0 Å². The second-order valence-corrected chi connectivity index (χ2v) is 7.52. The van der Waals surface area contributed by atoms with Gasteiger partial charge in [0.2, 0.25) is 0 Å². The Morgan fingerprint density at radius 2 is 1.77 bits per heavy atom. The maximum Gasteiger partial charge on any atom is 0.416 e. The van der Waals surface area contributed by atoms with Crippen LogP contribution in [0.25, 0.3) is 0 Å². The first-order valence-electron chi connectivity index (χ1n) is 10.2. The first-order valence-corrected chi connectivity index (χ1v) is 10.2. The normalized spacial score (nSPS) is 12.2. The SMILES string of the molecule is Cc1cc(F)ccc1Oc1cc(C(F)(F)F)ccc1C(=O)Nc1ccc(F)c(OCC(O)CN)c1. The first kappa shape index (κ1) is 25.9. The van der Waals surface area contributed by atoms with Gasteiger partial charge in [0.05, 0.1) is 11.1 Å². The van der Waals surface area contributed by atoms with Gasteiger partial charge in [0.1, 0.15) is 30.0 Å². The monoisotopic (exact) mass is 496 g/mol. The molecular weight excluding hydrogens is 475 g/mol. The van der Waals surface area contributed by atoms with Gasteiger partial charge in [0.25, 0.3) is 5.91 Å². The Labute approximate surface area is 197 Å². The number of aryl methyl sites for hydroxylation is 1. The van der Waals surface area contributed by atoms with Crippen molar-refractivity contribution >= 4 is 11.6 Å². The summed E-state index contributed by atoms with van der Waals surface area (Å²) in [4.78, 5) is 12.9. The summed E-state index contributed by atoms with van der Waals surface area (Å²) >= 11 is 0. The zero-order chi connectivity index (χ0) is 25.8. The number of carbonyl (C=O) groups excluding carboxylic acids is 1. The minimum atomic E-state index is -4.71. The molecule has 0 saturated carbocycles. The maximum atomic E-state index is 14.0. The Bertz CT molecular complexity index is 1220. The van der Waals surface area contributed by atoms with Gasteiger partial charge in [0, 0.05) is 18.3 Å². The number of benzene rings is 3. The molecule has 0 fully saturated rings. The number of anilines is 1. The molecular formula is C24H21F5N2O4. The van der Waals surface area contributed by atoms with Gasteiger partial charge in [-0.3, -0.25) is 4.79 Å². The van der Waals surface area contributed by atoms with Crippen LogP contribution in [0.5, 0.6) is 17.2 Å². The number of aliphatic hydroxyl groups is 1. The highest BCUT2D eigenvalue weighted by molar-refractivity contribution is 6.06. The molecule has 4 N–H and O–H groups in total. The number of hydrogen-bond donors (Lipinski definition) is 3. The number of aliphatic hydroxyl groups excluding tert-OH is 1. The van der Waals surface area contributed by atoms with E-state index >= 15 is 0 Å². The van der Waals surface area contributed by atoms with Crippen molar-refractivity contribution in [3.05, 3.63) is 82.9 Å². The molecule has 0 heterocycles. The van der Waals surface area contributed by atoms with E-state index in [2.05, 4.69) is 5.32 Å². The molecule has 3 aromatic carbocycles. The van der Waals surface area contributed by atoms with Crippen LogP contribution in [0.1, 0.15) is 21.5 Å². The lowest BCUT2D eigenvalue weighted by Crippen LogP contribution is -2.26. The van der Waals surface area contributed by atoms with E-state index in [0.717, 1.165) is 30.3 Å². The molecule has 6 nitrogen and oxygen atoms in total. The number of carbonyl (C=O) groups is 1. The Kier molecular flexibility index (Phi) is 7.92. The fraction of sp³-hybridized carbons (Fsp3) is 0.208. The molecule has 0 saturated heterocycles. The van der Waals surface area contributed by atoms with Crippen molar-refractivity contribution in [2.75, 3.05) is 18.5 Å². The highest BCUT2D eigenvalue weighted by atomic mass is 19.4. The van der Waals surface area contributed by atoms with Gasteiger partial charge in [0.15, 0.2) is 11.6 Å². The third-order valence-electron chi connectivity index (χ3n) is 4.80. The summed E-state index contributed by atoms with van der Waals surface area (Å²) in [5.74, 6) is -2.83. The fourth-order valence-electron chi connectivity index (χ4n) is 2.96. The predicted molar refractivity (Wildman–Crippen MR) is 118 cm³/mol. The van der Waals surface area contributed by atoms with Gasteiger partial charge in [-0.2, -0.15) is 13.2 Å². The lowest BCUT2D eigenvalue weighted by molar-refractivity contribution is -0.137. The summed E-state index contributed by atoms with van der Waals surface area (Å²) < 4.78 is 78.0. The second-order valence-electron chi connectivity index (χ2n) is 7.52. The summed E-state index contributed by atoms with van der Waals surface area (Å²) in [6, 6.07) is 9.10. The number of nitrogens with one attached hydrogen (secondary N) is 1. The van der Waals surface area contributed by atoms with Gasteiger partial charge in [-0.05, 0) is 61.0 Å². The smallest absolute Gasteiger partial charge is 0.416 e. The molecule has 1 atom stereocenters. The van der Waals surface area contributed by atoms with Gasteiger partial charge in [-0.15, -0.1) is 0 Å². The van der Waals surface area contributed by atoms with Gasteiger partial charge in [-0.1, -0.05) is 0 Å². The quantitative estimate of drug-likeness (QED) is 0.380. The second kappa shape index (κ2) is 10.7. The molecule has 0 spiro atoms. The van der Waals surface area contributed by atoms with Crippen LogP contribution in [0, 0.1) is 18.6 Å². The Morgan fingerprint density at radius 1 is 1.03 bits per heavy atom. The van der Waals surface area contributed by atoms with Crippen LogP contribution < -0.4 is 20.5 Å². The molecule has 1 unspecified atom stereocenters. The number of hydrogen-bond acceptors (Lipinski definition) is 5. The van der Waals surface area contributed by atoms with Crippen LogP contribution in [0.4, 0.5) is 27.6 Å². The Hall–Kier alpha value is -3.70. The summed E-state index contributed by atoms with van der Waals surface area (Å²) in [6.45, 7) is 1.09. The van der Waals surface area contributed by atoms with E-state index in [4.69, 9.17) is 15.2 Å². The zero-order valence-electron chi connectivity index (χ0n) is 18.3. The summed E-state index contributed by atoms with van der Waals surface area (Å²) in [5, 5.41) is 11.9. The van der Waals surface area contributed by atoms with E-state index in [1.807, 2.05) is 0 Å². The van der Waals surface area contributed by atoms with E-state index in [1.165, 1.54) is 19.1 Å². The van der Waals surface area contributed by atoms with E-state index in [9.17, 15) is 31.9 Å². The number of nitrogens with two attached hydrogens (primary N) is 1. The van der Waals surface area contributed by atoms with Crippen LogP contribution in [-0.4, -0.2) is 30.3 Å². The van der Waals surface area contributed by atoms with Crippen molar-refractivity contribution < 1.29 is 41.3 Å². The highest BCUT2D eigenvalue weighted by Crippen LogP contribution is 2.36. The number of ether oxygens (including phenoxy) is 2. The average Bonchev–Trinajstić information content (AvgIpc) is 2.80. The number of rotatable bonds is 8. The molecule has 3 rings (SSSR count). The molecule has 1 amide bonds. The third kappa shape index (κ3) is 6.67. The zero-order valence-corrected chi connectivity index (χ0v) is 18.3. The number of alkyl halides is 3. The molecule has 186 valence electrons. The molecule has 0 aliphatic rings. The lowest BCUT2D eigenvalue weighted by Gasteiger charge is -2.16. The predicted octanol–water partition coefficient (Wildman–Crippen LogP) is 5.04. The molecule has 0 aromatic heterocycles. The molecule has 0 aliphatic heterocycles. The van der Waals surface area contributed by atoms with Crippen molar-refractivity contribution in [2.24, 2.45) is 5.73 Å². The van der Waals surface area contributed by atoms with Crippen LogP contribution in [0.2, 0.25) is 0 Å². The molecule has 11 heteroatoms. The van der Waals surface area contributed by atoms with Crippen LogP contribution in [-0.2, 0) is 6.18 Å². The average molecular weight is 496 g/mol. The standard InChI is InChI=1S/C24H21F5N2O4/c1-13-8-15(25)3-7-20(13)35-21-9-14(24(27,28)29)2-5-18(21)23(33)31-16-4-6-19(26)22(10-16)34-12-17(32)11-30/h2-10,17,32H,11-12,30H2,1H3,(H,31,33). The van der Waals surface area contributed by atoms with E-state index in [0.29, 0.717) is 17.7 Å². The Balaban J connectivity index is 1.91. The fourth-order valence-corrected chi connectivity index (χ4v) is 2.96. The van der Waals surface area contributed by atoms with Gasteiger partial charge >= 0.3 is 6.18 Å². The highest BCUT2D eigenvalue weighted by Gasteiger charge is 2.32. The maximum absolute atomic E-state index is 14.0. The summed E-state index contributed by atoms with van der Waals surface area (Å²) in [7, 11) is 0.